The molecule has 0 radical (unpaired) electrons. The van der Waals surface area contributed by atoms with Crippen LogP contribution in [0.4, 0.5) is 4.79 Å². The Kier molecular flexibility index (Phi) is 6.40. The van der Waals surface area contributed by atoms with Gasteiger partial charge in [-0.1, -0.05) is 0 Å². The molecule has 20 heavy (non-hydrogen) atoms. The van der Waals surface area contributed by atoms with Gasteiger partial charge in [-0.25, -0.2) is 9.59 Å². The number of carboxylic acid groups (broad SMARTS) is 1. The predicted molar refractivity (Wildman–Crippen MR) is 70.3 cm³/mol. The highest BCUT2D eigenvalue weighted by Crippen LogP contribution is 2.08. The number of carbonyl (C=O) groups excluding carboxylic acids is 2. The quantitative estimate of drug-likeness (QED) is 0.713. The zero-order valence-electron chi connectivity index (χ0n) is 11.8. The molecule has 0 aromatic carbocycles. The smallest absolute Gasteiger partial charge is 0.329 e. The van der Waals surface area contributed by atoms with E-state index in [0.717, 1.165) is 19.5 Å². The lowest BCUT2D eigenvalue weighted by Gasteiger charge is -2.27. The molecule has 1 heterocycles. The summed E-state index contributed by atoms with van der Waals surface area (Å²) in [6, 6.07) is -0.452. The van der Waals surface area contributed by atoms with E-state index in [1.165, 1.54) is 0 Å². The highest BCUT2D eigenvalue weighted by atomic mass is 16.5. The minimum absolute atomic E-state index is 0.00948. The summed E-state index contributed by atoms with van der Waals surface area (Å²) in [6.07, 6.45) is 0.845. The summed E-state index contributed by atoms with van der Waals surface area (Å²) in [5.41, 5.74) is 0. The molecule has 0 spiro atoms. The number of nitrogens with zero attached hydrogens (tertiary/aromatic N) is 2. The average molecular weight is 287 g/mol. The van der Waals surface area contributed by atoms with Gasteiger partial charge in [0.1, 0.15) is 13.2 Å². The van der Waals surface area contributed by atoms with Crippen molar-refractivity contribution in [3.8, 4) is 0 Å². The highest BCUT2D eigenvalue weighted by Gasteiger charge is 2.25. The van der Waals surface area contributed by atoms with Gasteiger partial charge < -0.3 is 19.6 Å². The number of carboxylic acids is 1. The SMILES string of the molecule is CC1CN(C)CCCN1C(=O)NC(=O)COCC(=O)O. The third kappa shape index (κ3) is 5.54. The first-order valence-corrected chi connectivity index (χ1v) is 6.48. The summed E-state index contributed by atoms with van der Waals surface area (Å²) in [5, 5.41) is 10.6. The first kappa shape index (κ1) is 16.4. The zero-order chi connectivity index (χ0) is 15.1. The molecule has 1 rings (SSSR count). The van der Waals surface area contributed by atoms with Gasteiger partial charge in [-0.2, -0.15) is 0 Å². The second-order valence-electron chi connectivity index (χ2n) is 4.90. The standard InChI is InChI=1S/C12H21N3O5/c1-9-6-14(2)4-3-5-15(9)12(19)13-10(16)7-20-8-11(17)18/h9H,3-8H2,1-2H3,(H,17,18)(H,13,16,19). The normalized spacial score (nSPS) is 20.3. The zero-order valence-corrected chi connectivity index (χ0v) is 11.8. The Labute approximate surface area is 117 Å². The lowest BCUT2D eigenvalue weighted by Crippen LogP contribution is -2.49. The van der Waals surface area contributed by atoms with Crippen LogP contribution in [0.15, 0.2) is 0 Å². The van der Waals surface area contributed by atoms with Crippen LogP contribution < -0.4 is 5.32 Å². The van der Waals surface area contributed by atoms with Crippen LogP contribution in [0.1, 0.15) is 13.3 Å². The van der Waals surface area contributed by atoms with Gasteiger partial charge in [-0.05, 0) is 26.9 Å². The summed E-state index contributed by atoms with van der Waals surface area (Å²) in [5.74, 6) is -1.80. The van der Waals surface area contributed by atoms with Crippen LogP contribution in [-0.4, -0.2) is 78.8 Å². The average Bonchev–Trinajstić information content (AvgIpc) is 2.49. The van der Waals surface area contributed by atoms with E-state index in [2.05, 4.69) is 15.0 Å². The summed E-state index contributed by atoms with van der Waals surface area (Å²) >= 11 is 0. The Morgan fingerprint density at radius 3 is 2.65 bits per heavy atom. The lowest BCUT2D eigenvalue weighted by atomic mass is 10.3. The first-order valence-electron chi connectivity index (χ1n) is 6.48. The third-order valence-corrected chi connectivity index (χ3v) is 3.01. The van der Waals surface area contributed by atoms with Crippen molar-refractivity contribution in [2.45, 2.75) is 19.4 Å². The third-order valence-electron chi connectivity index (χ3n) is 3.01. The van der Waals surface area contributed by atoms with E-state index >= 15 is 0 Å². The summed E-state index contributed by atoms with van der Waals surface area (Å²) in [7, 11) is 1.99. The predicted octanol–water partition coefficient (Wildman–Crippen LogP) is -0.650. The fourth-order valence-electron chi connectivity index (χ4n) is 2.13. The second-order valence-corrected chi connectivity index (χ2v) is 4.90. The van der Waals surface area contributed by atoms with Crippen molar-refractivity contribution in [3.05, 3.63) is 0 Å². The molecule has 0 bridgehead atoms. The summed E-state index contributed by atoms with van der Waals surface area (Å²) in [6.45, 7) is 3.15. The molecule has 8 nitrogen and oxygen atoms in total. The summed E-state index contributed by atoms with van der Waals surface area (Å²) < 4.78 is 4.62. The largest absolute Gasteiger partial charge is 0.480 e. The number of hydrogen-bond donors (Lipinski definition) is 2. The molecule has 0 saturated carbocycles. The van der Waals surface area contributed by atoms with E-state index in [-0.39, 0.29) is 6.04 Å². The topological polar surface area (TPSA) is 99.2 Å². The number of nitrogens with one attached hydrogen (secondary N) is 1. The van der Waals surface area contributed by atoms with Gasteiger partial charge >= 0.3 is 12.0 Å². The molecule has 114 valence electrons. The van der Waals surface area contributed by atoms with Crippen molar-refractivity contribution in [1.29, 1.82) is 0 Å². The van der Waals surface area contributed by atoms with Gasteiger partial charge in [0.2, 0.25) is 0 Å². The van der Waals surface area contributed by atoms with Crippen LogP contribution in [0.5, 0.6) is 0 Å². The Morgan fingerprint density at radius 1 is 1.30 bits per heavy atom. The first-order chi connectivity index (χ1) is 9.40. The van der Waals surface area contributed by atoms with Gasteiger partial charge in [0.25, 0.3) is 5.91 Å². The number of amides is 3. The van der Waals surface area contributed by atoms with Crippen LogP contribution in [0, 0.1) is 0 Å². The van der Waals surface area contributed by atoms with E-state index in [1.807, 2.05) is 14.0 Å². The maximum absolute atomic E-state index is 12.0. The number of carbonyl (C=O) groups is 3. The van der Waals surface area contributed by atoms with Crippen LogP contribution in [-0.2, 0) is 14.3 Å². The van der Waals surface area contributed by atoms with Crippen LogP contribution in [0.25, 0.3) is 0 Å². The molecule has 1 fully saturated rings. The van der Waals surface area contributed by atoms with Crippen LogP contribution in [0.3, 0.4) is 0 Å². The van der Waals surface area contributed by atoms with Crippen molar-refractivity contribution in [1.82, 2.24) is 15.1 Å². The molecule has 8 heteroatoms. The van der Waals surface area contributed by atoms with Gasteiger partial charge in [-0.3, -0.25) is 10.1 Å². The van der Waals surface area contributed by atoms with E-state index in [0.29, 0.717) is 6.54 Å². The molecule has 2 N–H and O–H groups in total. The molecule has 0 aromatic rings. The molecule has 0 aromatic heterocycles. The van der Waals surface area contributed by atoms with Crippen molar-refractivity contribution < 1.29 is 24.2 Å². The van der Waals surface area contributed by atoms with Crippen LogP contribution in [0.2, 0.25) is 0 Å². The Morgan fingerprint density at radius 2 is 2.00 bits per heavy atom. The number of hydrogen-bond acceptors (Lipinski definition) is 5. The number of imide groups is 1. The monoisotopic (exact) mass is 287 g/mol. The molecule has 1 unspecified atom stereocenters. The second kappa shape index (κ2) is 7.81. The van der Waals surface area contributed by atoms with Crippen molar-refractivity contribution in [3.63, 3.8) is 0 Å². The lowest BCUT2D eigenvalue weighted by molar-refractivity contribution is -0.143. The Balaban J connectivity index is 2.40. The minimum atomic E-state index is -1.16. The minimum Gasteiger partial charge on any atom is -0.480 e. The van der Waals surface area contributed by atoms with E-state index in [4.69, 9.17) is 5.11 Å². The molecular weight excluding hydrogens is 266 g/mol. The fraction of sp³-hybridized carbons (Fsp3) is 0.750. The molecule has 3 amide bonds. The van der Waals surface area contributed by atoms with E-state index < -0.39 is 31.1 Å². The number of ether oxygens (including phenoxy) is 1. The Hall–Kier alpha value is -1.67. The van der Waals surface area contributed by atoms with Crippen molar-refractivity contribution in [2.75, 3.05) is 39.9 Å². The molecule has 1 aliphatic rings. The van der Waals surface area contributed by atoms with Crippen molar-refractivity contribution in [2.24, 2.45) is 0 Å². The fourth-order valence-corrected chi connectivity index (χ4v) is 2.13. The van der Waals surface area contributed by atoms with Crippen LogP contribution >= 0.6 is 0 Å². The molecule has 1 atom stereocenters. The van der Waals surface area contributed by atoms with Crippen molar-refractivity contribution >= 4 is 17.9 Å². The number of aliphatic carboxylic acids is 1. The summed E-state index contributed by atoms with van der Waals surface area (Å²) in [4.78, 5) is 37.4. The number of rotatable bonds is 4. The molecule has 1 saturated heterocycles. The highest BCUT2D eigenvalue weighted by molar-refractivity contribution is 5.95. The maximum atomic E-state index is 12.0. The number of likely N-dealkylation sites (N-methyl/N-ethyl adjacent to an activating group) is 1. The van der Waals surface area contributed by atoms with E-state index in [1.54, 1.807) is 4.90 Å². The van der Waals surface area contributed by atoms with Gasteiger partial charge in [0, 0.05) is 19.1 Å². The van der Waals surface area contributed by atoms with E-state index in [9.17, 15) is 14.4 Å². The molecule has 1 aliphatic heterocycles. The molecule has 0 aliphatic carbocycles. The van der Waals surface area contributed by atoms with Gasteiger partial charge in [0.05, 0.1) is 0 Å². The molecular formula is C12H21N3O5. The Bertz CT molecular complexity index is 374. The number of urea groups is 1. The maximum Gasteiger partial charge on any atom is 0.329 e. The van der Waals surface area contributed by atoms with Gasteiger partial charge in [0.15, 0.2) is 0 Å². The van der Waals surface area contributed by atoms with Gasteiger partial charge in [-0.15, -0.1) is 0 Å².